The number of carbonyl (C=O) groups excluding carboxylic acids is 2. The first kappa shape index (κ1) is 19.5. The van der Waals surface area contributed by atoms with Gasteiger partial charge in [0.1, 0.15) is 23.9 Å². The van der Waals surface area contributed by atoms with Crippen molar-refractivity contribution in [3.8, 4) is 11.5 Å². The number of aryl methyl sites for hydroxylation is 1. The lowest BCUT2D eigenvalue weighted by molar-refractivity contribution is -0.116. The number of rotatable bonds is 6. The fourth-order valence-electron chi connectivity index (χ4n) is 3.01. The Morgan fingerprint density at radius 2 is 1.93 bits per heavy atom. The highest BCUT2D eigenvalue weighted by Crippen LogP contribution is 2.34. The van der Waals surface area contributed by atoms with E-state index < -0.39 is 11.7 Å². The molecule has 8 heteroatoms. The van der Waals surface area contributed by atoms with Crippen molar-refractivity contribution in [3.63, 3.8) is 0 Å². The molecule has 1 saturated heterocycles. The van der Waals surface area contributed by atoms with Gasteiger partial charge in [0.25, 0.3) is 0 Å². The lowest BCUT2D eigenvalue weighted by Gasteiger charge is -2.21. The molecule has 0 radical (unpaired) electrons. The summed E-state index contributed by atoms with van der Waals surface area (Å²) < 4.78 is 24.2. The smallest absolute Gasteiger partial charge is 0.325 e. The van der Waals surface area contributed by atoms with Gasteiger partial charge in [-0.1, -0.05) is 6.07 Å². The lowest BCUT2D eigenvalue weighted by Crippen LogP contribution is -2.37. The van der Waals surface area contributed by atoms with Gasteiger partial charge in [-0.3, -0.25) is 9.69 Å². The molecule has 3 rings (SSSR count). The second-order valence-electron chi connectivity index (χ2n) is 6.41. The quantitative estimate of drug-likeness (QED) is 0.827. The summed E-state index contributed by atoms with van der Waals surface area (Å²) in [6.07, 6.45) is 0. The molecule has 0 aliphatic carbocycles. The maximum absolute atomic E-state index is 13.6. The van der Waals surface area contributed by atoms with Crippen LogP contribution in [0.1, 0.15) is 5.56 Å². The van der Waals surface area contributed by atoms with Crippen molar-refractivity contribution < 1.29 is 23.5 Å². The second kappa shape index (κ2) is 8.16. The van der Waals surface area contributed by atoms with Gasteiger partial charge < -0.3 is 19.7 Å². The minimum Gasteiger partial charge on any atom is -0.497 e. The predicted octanol–water partition coefficient (Wildman–Crippen LogP) is 3.03. The third kappa shape index (κ3) is 4.00. The molecule has 0 atom stereocenters. The molecule has 0 saturated carbocycles. The molecular weight excluding hydrogens is 365 g/mol. The molecule has 1 N–H and O–H groups in total. The van der Waals surface area contributed by atoms with Gasteiger partial charge in [-0.15, -0.1) is 0 Å². The number of amides is 3. The molecule has 0 spiro atoms. The summed E-state index contributed by atoms with van der Waals surface area (Å²) >= 11 is 0. The number of benzene rings is 2. The molecule has 2 aromatic carbocycles. The van der Waals surface area contributed by atoms with E-state index in [4.69, 9.17) is 9.47 Å². The number of hydrogen-bond acceptors (Lipinski definition) is 4. The van der Waals surface area contributed by atoms with Crippen molar-refractivity contribution >= 4 is 23.3 Å². The van der Waals surface area contributed by atoms with Gasteiger partial charge in [0.05, 0.1) is 19.9 Å². The van der Waals surface area contributed by atoms with Crippen molar-refractivity contribution in [2.75, 3.05) is 44.1 Å². The van der Waals surface area contributed by atoms with E-state index in [1.165, 1.54) is 18.1 Å². The zero-order chi connectivity index (χ0) is 20.3. The predicted molar refractivity (Wildman–Crippen MR) is 104 cm³/mol. The summed E-state index contributed by atoms with van der Waals surface area (Å²) in [7, 11) is 3.07. The molecule has 1 aliphatic rings. The Kier molecular flexibility index (Phi) is 5.67. The van der Waals surface area contributed by atoms with Gasteiger partial charge in [-0.25, -0.2) is 9.18 Å². The highest BCUT2D eigenvalue weighted by molar-refractivity contribution is 6.00. The van der Waals surface area contributed by atoms with Crippen LogP contribution in [0, 0.1) is 12.7 Å². The van der Waals surface area contributed by atoms with Crippen LogP contribution in [0.2, 0.25) is 0 Å². The molecule has 1 aliphatic heterocycles. The standard InChI is InChI=1S/C20H22FN3O4/c1-13-4-5-14(10-16(13)21)22-19(25)12-23-8-9-24(20(23)26)17-11-15(27-2)6-7-18(17)28-3/h4-7,10-11H,8-9,12H2,1-3H3,(H,22,25). The summed E-state index contributed by atoms with van der Waals surface area (Å²) in [5.41, 5.74) is 1.43. The van der Waals surface area contributed by atoms with Gasteiger partial charge in [-0.2, -0.15) is 0 Å². The van der Waals surface area contributed by atoms with Crippen molar-refractivity contribution in [2.24, 2.45) is 0 Å². The number of halogens is 1. The zero-order valence-corrected chi connectivity index (χ0v) is 16.0. The number of urea groups is 1. The van der Waals surface area contributed by atoms with Crippen molar-refractivity contribution in [1.82, 2.24) is 4.90 Å². The van der Waals surface area contributed by atoms with E-state index in [9.17, 15) is 14.0 Å². The molecule has 7 nitrogen and oxygen atoms in total. The number of methoxy groups -OCH3 is 2. The van der Waals surface area contributed by atoms with E-state index >= 15 is 0 Å². The largest absolute Gasteiger partial charge is 0.497 e. The fourth-order valence-corrected chi connectivity index (χ4v) is 3.01. The third-order valence-corrected chi connectivity index (χ3v) is 4.56. The van der Waals surface area contributed by atoms with Crippen LogP contribution < -0.4 is 19.7 Å². The lowest BCUT2D eigenvalue weighted by atomic mass is 10.2. The third-order valence-electron chi connectivity index (χ3n) is 4.56. The maximum atomic E-state index is 13.6. The maximum Gasteiger partial charge on any atom is 0.325 e. The van der Waals surface area contributed by atoms with Crippen molar-refractivity contribution in [1.29, 1.82) is 0 Å². The van der Waals surface area contributed by atoms with Crippen LogP contribution in [0.25, 0.3) is 0 Å². The summed E-state index contributed by atoms with van der Waals surface area (Å²) in [6, 6.07) is 9.34. The van der Waals surface area contributed by atoms with Gasteiger partial charge in [0.15, 0.2) is 0 Å². The van der Waals surface area contributed by atoms with E-state index in [2.05, 4.69) is 5.32 Å². The van der Waals surface area contributed by atoms with Crippen LogP contribution in [0.5, 0.6) is 11.5 Å². The van der Waals surface area contributed by atoms with Crippen LogP contribution in [0.15, 0.2) is 36.4 Å². The minimum atomic E-state index is -0.397. The topological polar surface area (TPSA) is 71.1 Å². The summed E-state index contributed by atoms with van der Waals surface area (Å²) in [5, 5.41) is 2.62. The van der Waals surface area contributed by atoms with Crippen LogP contribution in [0.4, 0.5) is 20.6 Å². The SMILES string of the molecule is COc1ccc(OC)c(N2CCN(CC(=O)Nc3ccc(C)c(F)c3)C2=O)c1. The number of nitrogens with zero attached hydrogens (tertiary/aromatic N) is 2. The van der Waals surface area contributed by atoms with E-state index in [1.54, 1.807) is 49.3 Å². The molecule has 0 unspecified atom stereocenters. The zero-order valence-electron chi connectivity index (χ0n) is 16.0. The summed E-state index contributed by atoms with van der Waals surface area (Å²) in [5.74, 6) is 0.346. The molecule has 1 heterocycles. The number of ether oxygens (including phenoxy) is 2. The molecule has 2 aromatic rings. The molecule has 3 amide bonds. The van der Waals surface area contributed by atoms with Gasteiger partial charge in [-0.05, 0) is 36.8 Å². The average molecular weight is 387 g/mol. The minimum absolute atomic E-state index is 0.128. The Labute approximate surface area is 162 Å². The van der Waals surface area contributed by atoms with Crippen LogP contribution in [-0.4, -0.2) is 50.7 Å². The van der Waals surface area contributed by atoms with Crippen LogP contribution in [-0.2, 0) is 4.79 Å². The monoisotopic (exact) mass is 387 g/mol. The molecule has 0 bridgehead atoms. The first-order chi connectivity index (χ1) is 13.4. The molecule has 148 valence electrons. The number of hydrogen-bond donors (Lipinski definition) is 1. The summed E-state index contributed by atoms with van der Waals surface area (Å²) in [4.78, 5) is 28.0. The molecule has 28 heavy (non-hydrogen) atoms. The Morgan fingerprint density at radius 1 is 1.14 bits per heavy atom. The van der Waals surface area contributed by atoms with E-state index in [0.29, 0.717) is 41.5 Å². The van der Waals surface area contributed by atoms with E-state index in [1.807, 2.05) is 0 Å². The Bertz CT molecular complexity index is 903. The van der Waals surface area contributed by atoms with Gasteiger partial charge in [0, 0.05) is 24.8 Å². The molecule has 0 aromatic heterocycles. The molecular formula is C20H22FN3O4. The van der Waals surface area contributed by atoms with Crippen LogP contribution >= 0.6 is 0 Å². The Hall–Kier alpha value is -3.29. The van der Waals surface area contributed by atoms with Crippen molar-refractivity contribution in [3.05, 3.63) is 47.8 Å². The Morgan fingerprint density at radius 3 is 2.61 bits per heavy atom. The average Bonchev–Trinajstić information content (AvgIpc) is 3.04. The normalized spacial score (nSPS) is 13.6. The fraction of sp³-hybridized carbons (Fsp3) is 0.300. The summed E-state index contributed by atoms with van der Waals surface area (Å²) in [6.45, 7) is 2.31. The first-order valence-corrected chi connectivity index (χ1v) is 8.77. The van der Waals surface area contributed by atoms with Crippen molar-refractivity contribution in [2.45, 2.75) is 6.92 Å². The highest BCUT2D eigenvalue weighted by atomic mass is 19.1. The van der Waals surface area contributed by atoms with Crippen LogP contribution in [0.3, 0.4) is 0 Å². The number of anilines is 2. The van der Waals surface area contributed by atoms with E-state index in [-0.39, 0.29) is 12.6 Å². The van der Waals surface area contributed by atoms with E-state index in [0.717, 1.165) is 0 Å². The highest BCUT2D eigenvalue weighted by Gasteiger charge is 2.32. The van der Waals surface area contributed by atoms with Gasteiger partial charge in [0.2, 0.25) is 5.91 Å². The second-order valence-corrected chi connectivity index (χ2v) is 6.41. The first-order valence-electron chi connectivity index (χ1n) is 8.77. The number of nitrogens with one attached hydrogen (secondary N) is 1. The Balaban J connectivity index is 1.68. The number of carbonyl (C=O) groups is 2. The molecule has 1 fully saturated rings. The van der Waals surface area contributed by atoms with Gasteiger partial charge >= 0.3 is 6.03 Å².